The maximum atomic E-state index is 13.0. The van der Waals surface area contributed by atoms with E-state index in [2.05, 4.69) is 5.32 Å². The van der Waals surface area contributed by atoms with Gasteiger partial charge in [0.25, 0.3) is 5.69 Å². The van der Waals surface area contributed by atoms with Gasteiger partial charge in [0, 0.05) is 18.2 Å². The second kappa shape index (κ2) is 6.62. The molecule has 0 heterocycles. The number of nitrogens with zero attached hydrogens (tertiary/aromatic N) is 1. The third-order valence-electron chi connectivity index (χ3n) is 2.97. The Morgan fingerprint density at radius 3 is 2.73 bits per heavy atom. The number of halogens is 1. The van der Waals surface area contributed by atoms with E-state index in [1.807, 2.05) is 0 Å². The van der Waals surface area contributed by atoms with E-state index >= 15 is 0 Å². The third-order valence-corrected chi connectivity index (χ3v) is 2.97. The molecule has 0 aliphatic carbocycles. The molecule has 0 unspecified atom stereocenters. The summed E-state index contributed by atoms with van der Waals surface area (Å²) in [7, 11) is 0. The molecule has 1 amide bonds. The molecule has 0 saturated carbocycles. The van der Waals surface area contributed by atoms with E-state index in [0.717, 1.165) is 0 Å². The molecule has 0 aliphatic heterocycles. The van der Waals surface area contributed by atoms with E-state index in [1.165, 1.54) is 42.5 Å². The summed E-state index contributed by atoms with van der Waals surface area (Å²) in [6.07, 6.45) is 2.71. The number of benzene rings is 2. The highest BCUT2D eigenvalue weighted by Gasteiger charge is 2.09. The molecule has 0 aromatic heterocycles. The van der Waals surface area contributed by atoms with Gasteiger partial charge in [0.15, 0.2) is 0 Å². The van der Waals surface area contributed by atoms with Crippen LogP contribution >= 0.6 is 0 Å². The normalized spacial score (nSPS) is 10.6. The molecule has 5 nitrogen and oxygen atoms in total. The molecule has 0 bridgehead atoms. The molecule has 0 atom stereocenters. The van der Waals surface area contributed by atoms with Crippen molar-refractivity contribution < 1.29 is 14.1 Å². The summed E-state index contributed by atoms with van der Waals surface area (Å²) >= 11 is 0. The summed E-state index contributed by atoms with van der Waals surface area (Å²) in [6.45, 7) is 1.73. The van der Waals surface area contributed by atoms with Crippen molar-refractivity contribution in [2.45, 2.75) is 6.92 Å². The van der Waals surface area contributed by atoms with Crippen LogP contribution in [0.2, 0.25) is 0 Å². The maximum absolute atomic E-state index is 13.0. The number of nitro benzene ring substituents is 1. The van der Waals surface area contributed by atoms with Gasteiger partial charge in [-0.1, -0.05) is 18.2 Å². The van der Waals surface area contributed by atoms with Crippen LogP contribution in [0.25, 0.3) is 6.08 Å². The van der Waals surface area contributed by atoms with Crippen LogP contribution in [0.5, 0.6) is 0 Å². The summed E-state index contributed by atoms with van der Waals surface area (Å²) in [5.74, 6) is -0.843. The topological polar surface area (TPSA) is 72.2 Å². The van der Waals surface area contributed by atoms with Crippen LogP contribution in [0.3, 0.4) is 0 Å². The number of amides is 1. The summed E-state index contributed by atoms with van der Waals surface area (Å²) in [5.41, 5.74) is 1.52. The van der Waals surface area contributed by atoms with Crippen LogP contribution < -0.4 is 5.32 Å². The molecule has 0 aliphatic rings. The lowest BCUT2D eigenvalue weighted by molar-refractivity contribution is -0.384. The Hall–Kier alpha value is -3.02. The van der Waals surface area contributed by atoms with E-state index in [1.54, 1.807) is 19.1 Å². The van der Waals surface area contributed by atoms with Crippen molar-refractivity contribution in [1.29, 1.82) is 0 Å². The molecular formula is C16H13FN2O3. The molecule has 0 spiro atoms. The summed E-state index contributed by atoms with van der Waals surface area (Å²) < 4.78 is 13.0. The molecule has 2 rings (SSSR count). The monoisotopic (exact) mass is 300 g/mol. The van der Waals surface area contributed by atoms with Crippen LogP contribution in [0, 0.1) is 22.9 Å². The van der Waals surface area contributed by atoms with Gasteiger partial charge in [0.2, 0.25) is 5.91 Å². The number of nitrogens with one attached hydrogen (secondary N) is 1. The second-order valence-corrected chi connectivity index (χ2v) is 4.63. The number of hydrogen-bond acceptors (Lipinski definition) is 3. The van der Waals surface area contributed by atoms with Crippen molar-refractivity contribution in [3.63, 3.8) is 0 Å². The Balaban J connectivity index is 2.12. The Labute approximate surface area is 126 Å². The van der Waals surface area contributed by atoms with Gasteiger partial charge in [0.05, 0.1) is 10.6 Å². The first kappa shape index (κ1) is 15.4. The van der Waals surface area contributed by atoms with E-state index in [4.69, 9.17) is 0 Å². The first-order valence-electron chi connectivity index (χ1n) is 6.45. The second-order valence-electron chi connectivity index (χ2n) is 4.63. The molecule has 1 N–H and O–H groups in total. The van der Waals surface area contributed by atoms with Gasteiger partial charge in [-0.2, -0.15) is 0 Å². The molecule has 0 saturated heterocycles. The molecule has 2 aromatic carbocycles. The predicted octanol–water partition coefficient (Wildman–Crippen LogP) is 3.69. The van der Waals surface area contributed by atoms with Gasteiger partial charge in [0.1, 0.15) is 5.82 Å². The van der Waals surface area contributed by atoms with Crippen molar-refractivity contribution in [3.05, 3.63) is 75.6 Å². The van der Waals surface area contributed by atoms with Gasteiger partial charge in [-0.3, -0.25) is 14.9 Å². The number of nitro groups is 1. The fourth-order valence-electron chi connectivity index (χ4n) is 1.81. The minimum atomic E-state index is -0.530. The summed E-state index contributed by atoms with van der Waals surface area (Å²) in [5, 5.41) is 13.3. The van der Waals surface area contributed by atoms with Gasteiger partial charge < -0.3 is 5.32 Å². The van der Waals surface area contributed by atoms with Gasteiger partial charge in [-0.25, -0.2) is 4.39 Å². The largest absolute Gasteiger partial charge is 0.322 e. The summed E-state index contributed by atoms with van der Waals surface area (Å²) in [6, 6.07) is 10.0. The zero-order valence-electron chi connectivity index (χ0n) is 11.7. The molecule has 0 radical (unpaired) electrons. The number of carbonyl (C=O) groups excluding carboxylic acids is 1. The average molecular weight is 300 g/mol. The highest BCUT2D eigenvalue weighted by Crippen LogP contribution is 2.21. The molecule has 6 heteroatoms. The smallest absolute Gasteiger partial charge is 0.271 e. The van der Waals surface area contributed by atoms with E-state index in [0.29, 0.717) is 16.8 Å². The molecule has 2 aromatic rings. The minimum Gasteiger partial charge on any atom is -0.322 e. The molecule has 112 valence electrons. The first-order valence-corrected chi connectivity index (χ1v) is 6.45. The van der Waals surface area contributed by atoms with Gasteiger partial charge in [-0.15, -0.1) is 0 Å². The number of carbonyl (C=O) groups is 1. The lowest BCUT2D eigenvalue weighted by atomic mass is 10.1. The number of aryl methyl sites for hydroxylation is 1. The summed E-state index contributed by atoms with van der Waals surface area (Å²) in [4.78, 5) is 22.0. The molecule has 0 fully saturated rings. The van der Waals surface area contributed by atoms with Gasteiger partial charge >= 0.3 is 0 Å². The highest BCUT2D eigenvalue weighted by molar-refractivity contribution is 6.02. The Bertz CT molecular complexity index is 757. The SMILES string of the molecule is Cc1ccc([N+](=O)[O-])cc1NC(=O)/C=C/c1cccc(F)c1. The number of hydrogen-bond donors (Lipinski definition) is 1. The van der Waals surface area contributed by atoms with Crippen molar-refractivity contribution >= 4 is 23.4 Å². The fourth-order valence-corrected chi connectivity index (χ4v) is 1.81. The standard InChI is InChI=1S/C16H13FN2O3/c1-11-5-7-14(19(21)22)10-15(11)18-16(20)8-6-12-3-2-4-13(17)9-12/h2-10H,1H3,(H,18,20)/b8-6+. The quantitative estimate of drug-likeness (QED) is 0.531. The van der Waals surface area contributed by atoms with Crippen LogP contribution in [-0.2, 0) is 4.79 Å². The van der Waals surface area contributed by atoms with Crippen molar-refractivity contribution in [1.82, 2.24) is 0 Å². The van der Waals surface area contributed by atoms with E-state index in [-0.39, 0.29) is 5.69 Å². The predicted molar refractivity (Wildman–Crippen MR) is 81.9 cm³/mol. The Kier molecular flexibility index (Phi) is 4.63. The van der Waals surface area contributed by atoms with Crippen LogP contribution in [-0.4, -0.2) is 10.8 Å². The van der Waals surface area contributed by atoms with Crippen LogP contribution in [0.1, 0.15) is 11.1 Å². The molecule has 22 heavy (non-hydrogen) atoms. The maximum Gasteiger partial charge on any atom is 0.271 e. The van der Waals surface area contributed by atoms with Crippen molar-refractivity contribution in [2.24, 2.45) is 0 Å². The van der Waals surface area contributed by atoms with Crippen LogP contribution in [0.4, 0.5) is 15.8 Å². The Morgan fingerprint density at radius 1 is 1.27 bits per heavy atom. The number of rotatable bonds is 4. The number of anilines is 1. The van der Waals surface area contributed by atoms with E-state index < -0.39 is 16.6 Å². The third kappa shape index (κ3) is 3.99. The van der Waals surface area contributed by atoms with Crippen molar-refractivity contribution in [3.8, 4) is 0 Å². The average Bonchev–Trinajstić information content (AvgIpc) is 2.47. The fraction of sp³-hybridized carbons (Fsp3) is 0.0625. The van der Waals surface area contributed by atoms with Crippen molar-refractivity contribution in [2.75, 3.05) is 5.32 Å². The lowest BCUT2D eigenvalue weighted by Gasteiger charge is -2.06. The van der Waals surface area contributed by atoms with Crippen LogP contribution in [0.15, 0.2) is 48.5 Å². The minimum absolute atomic E-state index is 0.102. The zero-order valence-corrected chi connectivity index (χ0v) is 11.7. The lowest BCUT2D eigenvalue weighted by Crippen LogP contribution is -2.09. The molecular weight excluding hydrogens is 287 g/mol. The Morgan fingerprint density at radius 2 is 2.05 bits per heavy atom. The zero-order chi connectivity index (χ0) is 16.1. The van der Waals surface area contributed by atoms with E-state index in [9.17, 15) is 19.3 Å². The first-order chi connectivity index (χ1) is 10.5. The number of non-ortho nitro benzene ring substituents is 1. The van der Waals surface area contributed by atoms with Gasteiger partial charge in [-0.05, 0) is 36.3 Å². The highest BCUT2D eigenvalue weighted by atomic mass is 19.1.